The number of likely N-dealkylation sites (N-methyl/N-ethyl adjacent to an activating group) is 1. The third kappa shape index (κ3) is 7.68. The Morgan fingerprint density at radius 2 is 1.60 bits per heavy atom. The number of nitrogens with zero attached hydrogens (tertiary/aromatic N) is 4. The van der Waals surface area contributed by atoms with Crippen molar-refractivity contribution >= 4 is 35.8 Å². The van der Waals surface area contributed by atoms with E-state index in [9.17, 15) is 4.79 Å². The molecule has 0 aliphatic carbocycles. The van der Waals surface area contributed by atoms with Gasteiger partial charge in [0.25, 0.3) is 0 Å². The maximum Gasteiger partial charge on any atom is 0.219 e. The van der Waals surface area contributed by atoms with E-state index in [1.807, 2.05) is 4.90 Å². The van der Waals surface area contributed by atoms with Crippen LogP contribution in [0.3, 0.4) is 0 Å². The van der Waals surface area contributed by atoms with Crippen LogP contribution in [-0.2, 0) is 4.79 Å². The number of carbonyl (C=O) groups is 1. The molecule has 0 saturated carbocycles. The van der Waals surface area contributed by atoms with Gasteiger partial charge >= 0.3 is 0 Å². The molecule has 0 aromatic rings. The largest absolute Gasteiger partial charge is 0.357 e. The summed E-state index contributed by atoms with van der Waals surface area (Å²) in [5.41, 5.74) is 0. The van der Waals surface area contributed by atoms with Crippen LogP contribution in [0, 0.1) is 5.92 Å². The van der Waals surface area contributed by atoms with Gasteiger partial charge in [0.05, 0.1) is 6.54 Å². The summed E-state index contributed by atoms with van der Waals surface area (Å²) in [4.78, 5) is 22.9. The Labute approximate surface area is 171 Å². The average Bonchev–Trinajstić information content (AvgIpc) is 2.57. The number of halogens is 1. The van der Waals surface area contributed by atoms with Crippen LogP contribution in [0.2, 0.25) is 0 Å². The molecule has 1 rings (SSSR count). The summed E-state index contributed by atoms with van der Waals surface area (Å²) in [7, 11) is 4.30. The molecule has 6 nitrogen and oxygen atoms in total. The van der Waals surface area contributed by atoms with Gasteiger partial charge in [-0.3, -0.25) is 9.79 Å². The van der Waals surface area contributed by atoms with Crippen LogP contribution >= 0.6 is 24.0 Å². The predicted molar refractivity (Wildman–Crippen MR) is 117 cm³/mol. The third-order valence-corrected chi connectivity index (χ3v) is 5.04. The maximum absolute atomic E-state index is 11.5. The Morgan fingerprint density at radius 1 is 1.08 bits per heavy atom. The molecule has 0 aromatic carbocycles. The van der Waals surface area contributed by atoms with E-state index in [-0.39, 0.29) is 29.9 Å². The highest BCUT2D eigenvalue weighted by Crippen LogP contribution is 2.17. The standard InChI is InChI=1S/C18H37N5O.HI/c1-7-16(8-2)17(21(5)6)14-20-18(19-9-3)23-12-10-22(11-13-23)15(4)24;/h16-17H,7-14H2,1-6H3,(H,19,20);1H. The number of piperazine rings is 1. The first kappa shape index (κ1) is 24.4. The van der Waals surface area contributed by atoms with E-state index < -0.39 is 0 Å². The molecule has 148 valence electrons. The monoisotopic (exact) mass is 467 g/mol. The van der Waals surface area contributed by atoms with Gasteiger partial charge in [0.2, 0.25) is 5.91 Å². The molecule has 1 saturated heterocycles. The van der Waals surface area contributed by atoms with Crippen LogP contribution < -0.4 is 5.32 Å². The second kappa shape index (κ2) is 12.7. The van der Waals surface area contributed by atoms with Gasteiger partial charge in [-0.1, -0.05) is 26.7 Å². The fourth-order valence-electron chi connectivity index (χ4n) is 3.41. The Hall–Kier alpha value is -0.570. The zero-order valence-corrected chi connectivity index (χ0v) is 19.2. The van der Waals surface area contributed by atoms with Crippen LogP contribution in [0.25, 0.3) is 0 Å². The van der Waals surface area contributed by atoms with E-state index in [0.29, 0.717) is 12.0 Å². The molecular weight excluding hydrogens is 429 g/mol. The van der Waals surface area contributed by atoms with Crippen LogP contribution in [0.4, 0.5) is 0 Å². The predicted octanol–water partition coefficient (Wildman–Crippen LogP) is 2.10. The molecule has 1 amide bonds. The van der Waals surface area contributed by atoms with Crippen molar-refractivity contribution in [3.8, 4) is 0 Å². The minimum atomic E-state index is 0. The van der Waals surface area contributed by atoms with Crippen molar-refractivity contribution in [2.75, 3.05) is 53.4 Å². The number of hydrogen-bond acceptors (Lipinski definition) is 3. The first-order valence-electron chi connectivity index (χ1n) is 9.39. The molecule has 1 unspecified atom stereocenters. The number of nitrogens with one attached hydrogen (secondary N) is 1. The van der Waals surface area contributed by atoms with Crippen molar-refractivity contribution in [3.63, 3.8) is 0 Å². The molecule has 1 fully saturated rings. The highest BCUT2D eigenvalue weighted by atomic mass is 127. The number of aliphatic imine (C=N–C) groups is 1. The molecular formula is C18H38IN5O. The van der Waals surface area contributed by atoms with Gasteiger partial charge in [-0.2, -0.15) is 0 Å². The van der Waals surface area contributed by atoms with E-state index in [4.69, 9.17) is 4.99 Å². The van der Waals surface area contributed by atoms with Gasteiger partial charge < -0.3 is 20.0 Å². The quantitative estimate of drug-likeness (QED) is 0.354. The topological polar surface area (TPSA) is 51.2 Å². The molecule has 7 heteroatoms. The van der Waals surface area contributed by atoms with E-state index in [0.717, 1.165) is 45.2 Å². The van der Waals surface area contributed by atoms with Crippen LogP contribution in [-0.4, -0.2) is 86.0 Å². The van der Waals surface area contributed by atoms with Crippen molar-refractivity contribution in [1.29, 1.82) is 0 Å². The lowest BCUT2D eigenvalue weighted by atomic mass is 9.93. The van der Waals surface area contributed by atoms with Crippen LogP contribution in [0.15, 0.2) is 4.99 Å². The summed E-state index contributed by atoms with van der Waals surface area (Å²) in [6, 6.07) is 0.465. The van der Waals surface area contributed by atoms with Crippen LogP contribution in [0.5, 0.6) is 0 Å². The average molecular weight is 467 g/mol. The van der Waals surface area contributed by atoms with Crippen molar-refractivity contribution in [1.82, 2.24) is 20.0 Å². The third-order valence-electron chi connectivity index (χ3n) is 5.04. The number of hydrogen-bond donors (Lipinski definition) is 1. The summed E-state index contributed by atoms with van der Waals surface area (Å²) in [5.74, 6) is 1.82. The van der Waals surface area contributed by atoms with E-state index >= 15 is 0 Å². The summed E-state index contributed by atoms with van der Waals surface area (Å²) in [6.45, 7) is 13.2. The van der Waals surface area contributed by atoms with Gasteiger partial charge in [-0.05, 0) is 26.9 Å². The fraction of sp³-hybridized carbons (Fsp3) is 0.889. The van der Waals surface area contributed by atoms with Gasteiger partial charge in [-0.25, -0.2) is 0 Å². The summed E-state index contributed by atoms with van der Waals surface area (Å²) in [6.07, 6.45) is 2.37. The van der Waals surface area contributed by atoms with Crippen molar-refractivity contribution < 1.29 is 4.79 Å². The smallest absolute Gasteiger partial charge is 0.219 e. The summed E-state index contributed by atoms with van der Waals surface area (Å²) in [5, 5.41) is 3.42. The van der Waals surface area contributed by atoms with Crippen molar-refractivity contribution in [2.45, 2.75) is 46.6 Å². The Kier molecular flexibility index (Phi) is 12.4. The lowest BCUT2D eigenvalue weighted by Gasteiger charge is -2.36. The molecule has 1 heterocycles. The zero-order valence-electron chi connectivity index (χ0n) is 16.9. The minimum absolute atomic E-state index is 0. The van der Waals surface area contributed by atoms with Gasteiger partial charge in [0.15, 0.2) is 5.96 Å². The Bertz CT molecular complexity index is 404. The van der Waals surface area contributed by atoms with E-state index in [2.05, 4.69) is 50.0 Å². The number of rotatable bonds is 7. The zero-order chi connectivity index (χ0) is 18.1. The molecule has 0 radical (unpaired) electrons. The van der Waals surface area contributed by atoms with Gasteiger partial charge in [-0.15, -0.1) is 24.0 Å². The molecule has 1 N–H and O–H groups in total. The number of guanidine groups is 1. The summed E-state index contributed by atoms with van der Waals surface area (Å²) < 4.78 is 0. The molecule has 0 bridgehead atoms. The van der Waals surface area contributed by atoms with E-state index in [1.165, 1.54) is 12.8 Å². The molecule has 1 atom stereocenters. The van der Waals surface area contributed by atoms with Crippen LogP contribution in [0.1, 0.15) is 40.5 Å². The Balaban J connectivity index is 0.00000576. The molecule has 1 aliphatic rings. The fourth-order valence-corrected chi connectivity index (χ4v) is 3.41. The second-order valence-electron chi connectivity index (χ2n) is 6.80. The van der Waals surface area contributed by atoms with Gasteiger partial charge in [0, 0.05) is 45.7 Å². The van der Waals surface area contributed by atoms with Crippen molar-refractivity contribution in [2.24, 2.45) is 10.9 Å². The SMILES string of the molecule is CCNC(=NCC(C(CC)CC)N(C)C)N1CCN(C(C)=O)CC1.I. The highest BCUT2D eigenvalue weighted by Gasteiger charge is 2.23. The number of carbonyl (C=O) groups excluding carboxylic acids is 1. The lowest BCUT2D eigenvalue weighted by molar-refractivity contribution is -0.130. The van der Waals surface area contributed by atoms with Crippen molar-refractivity contribution in [3.05, 3.63) is 0 Å². The first-order chi connectivity index (χ1) is 11.4. The number of amides is 1. The normalized spacial score (nSPS) is 16.9. The minimum Gasteiger partial charge on any atom is -0.357 e. The maximum atomic E-state index is 11.5. The molecule has 1 aliphatic heterocycles. The molecule has 0 spiro atoms. The second-order valence-corrected chi connectivity index (χ2v) is 6.80. The summed E-state index contributed by atoms with van der Waals surface area (Å²) >= 11 is 0. The molecule has 25 heavy (non-hydrogen) atoms. The lowest BCUT2D eigenvalue weighted by Crippen LogP contribution is -2.53. The van der Waals surface area contributed by atoms with Gasteiger partial charge in [0.1, 0.15) is 0 Å². The Morgan fingerprint density at radius 3 is 2.00 bits per heavy atom. The highest BCUT2D eigenvalue weighted by molar-refractivity contribution is 14.0. The molecule has 0 aromatic heterocycles. The first-order valence-corrected chi connectivity index (χ1v) is 9.39. The van der Waals surface area contributed by atoms with E-state index in [1.54, 1.807) is 6.92 Å².